The van der Waals surface area contributed by atoms with Crippen LogP contribution < -0.4 is 5.43 Å². The Morgan fingerprint density at radius 2 is 1.84 bits per heavy atom. The Morgan fingerprint density at radius 1 is 1.06 bits per heavy atom. The standard InChI is InChI=1S/C22H23ClN4O2S2/c23-20-11-4-3-8-18(20)15-24-26-22-25-21(16-30-22)17-9-7-10-19(14-17)31(28,29)27-12-5-1-2-6-13-27/h3-4,7-11,14-16H,1-2,5-6,12-13H2,(H,25,26). The molecule has 2 aromatic carbocycles. The van der Waals surface area contributed by atoms with Crippen LogP contribution >= 0.6 is 22.9 Å². The van der Waals surface area contributed by atoms with Crippen molar-refractivity contribution >= 4 is 44.3 Å². The van der Waals surface area contributed by atoms with Gasteiger partial charge in [-0.15, -0.1) is 11.3 Å². The van der Waals surface area contributed by atoms with Crippen molar-refractivity contribution in [2.45, 2.75) is 30.6 Å². The largest absolute Gasteiger partial charge is 0.253 e. The van der Waals surface area contributed by atoms with Crippen molar-refractivity contribution in [2.75, 3.05) is 18.5 Å². The fourth-order valence-electron chi connectivity index (χ4n) is 3.44. The van der Waals surface area contributed by atoms with Crippen molar-refractivity contribution in [3.05, 3.63) is 64.5 Å². The van der Waals surface area contributed by atoms with E-state index in [9.17, 15) is 8.42 Å². The second-order valence-corrected chi connectivity index (χ2v) is 10.5. The van der Waals surface area contributed by atoms with Crippen molar-refractivity contribution in [2.24, 2.45) is 5.10 Å². The summed E-state index contributed by atoms with van der Waals surface area (Å²) in [6.45, 7) is 1.17. The molecule has 6 nitrogen and oxygen atoms in total. The molecular weight excluding hydrogens is 452 g/mol. The Kier molecular flexibility index (Phi) is 7.02. The third-order valence-corrected chi connectivity index (χ3v) is 8.09. The Bertz CT molecular complexity index is 1170. The van der Waals surface area contributed by atoms with E-state index in [1.807, 2.05) is 29.6 Å². The second kappa shape index (κ2) is 9.91. The molecule has 1 saturated heterocycles. The number of aromatic nitrogens is 1. The summed E-state index contributed by atoms with van der Waals surface area (Å²) in [6, 6.07) is 14.4. The molecule has 162 valence electrons. The van der Waals surface area contributed by atoms with Crippen LogP contribution in [0.5, 0.6) is 0 Å². The van der Waals surface area contributed by atoms with Crippen LogP contribution in [0.25, 0.3) is 11.3 Å². The topological polar surface area (TPSA) is 74.7 Å². The molecule has 1 aliphatic heterocycles. The molecule has 1 aromatic heterocycles. The van der Waals surface area contributed by atoms with Gasteiger partial charge < -0.3 is 0 Å². The van der Waals surface area contributed by atoms with Crippen LogP contribution in [0.2, 0.25) is 5.02 Å². The molecule has 9 heteroatoms. The smallest absolute Gasteiger partial charge is 0.243 e. The summed E-state index contributed by atoms with van der Waals surface area (Å²) in [5, 5.41) is 7.30. The van der Waals surface area contributed by atoms with Crippen molar-refractivity contribution in [3.8, 4) is 11.3 Å². The zero-order valence-electron chi connectivity index (χ0n) is 16.9. The van der Waals surface area contributed by atoms with Gasteiger partial charge in [-0.05, 0) is 31.0 Å². The zero-order valence-corrected chi connectivity index (χ0v) is 19.3. The third-order valence-electron chi connectivity index (χ3n) is 5.11. The fourth-order valence-corrected chi connectivity index (χ4v) is 5.86. The molecular formula is C22H23ClN4O2S2. The van der Waals surface area contributed by atoms with E-state index in [2.05, 4.69) is 15.5 Å². The molecule has 1 aliphatic rings. The van der Waals surface area contributed by atoms with Crippen LogP contribution in [0.15, 0.2) is 63.9 Å². The van der Waals surface area contributed by atoms with Crippen LogP contribution in [0.1, 0.15) is 31.2 Å². The highest BCUT2D eigenvalue weighted by molar-refractivity contribution is 7.89. The van der Waals surface area contributed by atoms with Crippen molar-refractivity contribution in [1.29, 1.82) is 0 Å². The highest BCUT2D eigenvalue weighted by Gasteiger charge is 2.25. The lowest BCUT2D eigenvalue weighted by Crippen LogP contribution is -2.31. The summed E-state index contributed by atoms with van der Waals surface area (Å²) in [7, 11) is -3.50. The van der Waals surface area contributed by atoms with E-state index >= 15 is 0 Å². The first-order valence-corrected chi connectivity index (χ1v) is 12.8. The number of hydrazone groups is 1. The maximum atomic E-state index is 13.1. The molecule has 0 amide bonds. The van der Waals surface area contributed by atoms with Gasteiger partial charge in [-0.25, -0.2) is 13.4 Å². The summed E-state index contributed by atoms with van der Waals surface area (Å²) < 4.78 is 27.8. The van der Waals surface area contributed by atoms with Gasteiger partial charge in [0.05, 0.1) is 16.8 Å². The van der Waals surface area contributed by atoms with Gasteiger partial charge in [0, 0.05) is 34.6 Å². The number of halogens is 1. The predicted octanol–water partition coefficient (Wildman–Crippen LogP) is 5.47. The first kappa shape index (κ1) is 22.0. The van der Waals surface area contributed by atoms with E-state index in [4.69, 9.17) is 11.6 Å². The monoisotopic (exact) mass is 474 g/mol. The van der Waals surface area contributed by atoms with E-state index in [1.165, 1.54) is 11.3 Å². The molecule has 0 bridgehead atoms. The molecule has 1 N–H and O–H groups in total. The van der Waals surface area contributed by atoms with E-state index in [0.717, 1.165) is 36.8 Å². The number of hydrogen-bond acceptors (Lipinski definition) is 6. The van der Waals surface area contributed by atoms with Gasteiger partial charge in [-0.2, -0.15) is 9.41 Å². The number of benzene rings is 2. The maximum Gasteiger partial charge on any atom is 0.243 e. The lowest BCUT2D eigenvalue weighted by Gasteiger charge is -2.20. The maximum absolute atomic E-state index is 13.1. The molecule has 1 fully saturated rings. The Balaban J connectivity index is 1.49. The minimum Gasteiger partial charge on any atom is -0.253 e. The summed E-state index contributed by atoms with van der Waals surface area (Å²) in [5.74, 6) is 0. The minimum absolute atomic E-state index is 0.311. The number of hydrogen-bond donors (Lipinski definition) is 1. The Labute approximate surface area is 191 Å². The normalized spacial score (nSPS) is 15.8. The summed E-state index contributed by atoms with van der Waals surface area (Å²) in [6.07, 6.45) is 5.63. The average molecular weight is 475 g/mol. The van der Waals surface area contributed by atoms with Crippen molar-refractivity contribution < 1.29 is 8.42 Å². The number of rotatable bonds is 6. The van der Waals surface area contributed by atoms with Crippen molar-refractivity contribution in [3.63, 3.8) is 0 Å². The molecule has 0 unspecified atom stereocenters. The molecule has 0 atom stereocenters. The Hall–Kier alpha value is -2.26. The van der Waals surface area contributed by atoms with Gasteiger partial charge in [0.15, 0.2) is 0 Å². The van der Waals surface area contributed by atoms with Crippen LogP contribution in [0.4, 0.5) is 5.13 Å². The highest BCUT2D eigenvalue weighted by atomic mass is 35.5. The van der Waals surface area contributed by atoms with Gasteiger partial charge in [-0.1, -0.05) is 54.8 Å². The summed E-state index contributed by atoms with van der Waals surface area (Å²) in [4.78, 5) is 4.85. The average Bonchev–Trinajstić information content (AvgIpc) is 3.07. The molecule has 2 heterocycles. The van der Waals surface area contributed by atoms with Crippen LogP contribution in [0, 0.1) is 0 Å². The molecule has 0 saturated carbocycles. The van der Waals surface area contributed by atoms with Crippen LogP contribution in [-0.4, -0.2) is 37.0 Å². The molecule has 4 rings (SSSR count). The van der Waals surface area contributed by atoms with E-state index in [1.54, 1.807) is 34.8 Å². The minimum atomic E-state index is -3.50. The first-order valence-electron chi connectivity index (χ1n) is 10.1. The molecule has 0 radical (unpaired) electrons. The SMILES string of the molecule is O=S(=O)(c1cccc(-c2csc(NN=Cc3ccccc3Cl)n2)c1)N1CCCCCC1. The van der Waals surface area contributed by atoms with Gasteiger partial charge in [0.2, 0.25) is 15.2 Å². The molecule has 3 aromatic rings. The molecule has 0 aliphatic carbocycles. The van der Waals surface area contributed by atoms with E-state index in [-0.39, 0.29) is 0 Å². The van der Waals surface area contributed by atoms with E-state index in [0.29, 0.717) is 33.8 Å². The van der Waals surface area contributed by atoms with E-state index < -0.39 is 10.0 Å². The van der Waals surface area contributed by atoms with Crippen LogP contribution in [-0.2, 0) is 10.0 Å². The van der Waals surface area contributed by atoms with Gasteiger partial charge in [0.25, 0.3) is 0 Å². The van der Waals surface area contributed by atoms with Crippen molar-refractivity contribution in [1.82, 2.24) is 9.29 Å². The van der Waals surface area contributed by atoms with Gasteiger partial charge >= 0.3 is 0 Å². The number of sulfonamides is 1. The highest BCUT2D eigenvalue weighted by Crippen LogP contribution is 2.28. The second-order valence-electron chi connectivity index (χ2n) is 7.28. The predicted molar refractivity (Wildman–Crippen MR) is 127 cm³/mol. The third kappa shape index (κ3) is 5.33. The molecule has 0 spiro atoms. The number of thiazole rings is 1. The zero-order chi connectivity index (χ0) is 21.7. The first-order chi connectivity index (χ1) is 15.0. The number of nitrogens with one attached hydrogen (secondary N) is 1. The van der Waals surface area contributed by atoms with Gasteiger partial charge in [0.1, 0.15) is 0 Å². The molecule has 31 heavy (non-hydrogen) atoms. The summed E-state index contributed by atoms with van der Waals surface area (Å²) in [5.41, 5.74) is 5.17. The lowest BCUT2D eigenvalue weighted by molar-refractivity contribution is 0.424. The number of nitrogens with zero attached hydrogens (tertiary/aromatic N) is 3. The quantitative estimate of drug-likeness (QED) is 0.379. The summed E-state index contributed by atoms with van der Waals surface area (Å²) >= 11 is 7.52. The Morgan fingerprint density at radius 3 is 2.61 bits per heavy atom. The fraction of sp³-hybridized carbons (Fsp3) is 0.273. The van der Waals surface area contributed by atoms with Crippen LogP contribution in [0.3, 0.4) is 0 Å². The number of anilines is 1. The van der Waals surface area contributed by atoms with Gasteiger partial charge in [-0.3, -0.25) is 5.43 Å². The lowest BCUT2D eigenvalue weighted by atomic mass is 10.2.